The summed E-state index contributed by atoms with van der Waals surface area (Å²) in [5.74, 6) is -0.773. The normalized spacial score (nSPS) is 19.3. The van der Waals surface area contributed by atoms with E-state index >= 15 is 0 Å². The van der Waals surface area contributed by atoms with Crippen LogP contribution < -0.4 is 10.1 Å². The van der Waals surface area contributed by atoms with Gasteiger partial charge in [0.15, 0.2) is 12.0 Å². The number of hydrogen-bond donors (Lipinski definition) is 2. The number of amides is 1. The summed E-state index contributed by atoms with van der Waals surface area (Å²) in [5.41, 5.74) is 0.763. The maximum atomic E-state index is 11.5. The van der Waals surface area contributed by atoms with Gasteiger partial charge in [-0.05, 0) is 17.7 Å². The van der Waals surface area contributed by atoms with Gasteiger partial charge in [-0.15, -0.1) is 5.10 Å². The molecule has 0 saturated carbocycles. The van der Waals surface area contributed by atoms with E-state index in [1.54, 1.807) is 18.2 Å². The van der Waals surface area contributed by atoms with E-state index in [4.69, 9.17) is 14.6 Å². The Kier molecular flexibility index (Phi) is 6.12. The zero-order valence-electron chi connectivity index (χ0n) is 12.3. The summed E-state index contributed by atoms with van der Waals surface area (Å²) in [6.45, 7) is 0.149. The monoisotopic (exact) mass is 337 g/mol. The van der Waals surface area contributed by atoms with Crippen LogP contribution in [0.5, 0.6) is 5.75 Å². The number of carboxylic acid groups (broad SMARTS) is 1. The van der Waals surface area contributed by atoms with Crippen LogP contribution in [0.4, 0.5) is 0 Å². The predicted molar refractivity (Wildman–Crippen MR) is 85.7 cm³/mol. The zero-order chi connectivity index (χ0) is 16.7. The third-order valence-electron chi connectivity index (χ3n) is 2.69. The van der Waals surface area contributed by atoms with Gasteiger partial charge in [-0.3, -0.25) is 9.59 Å². The summed E-state index contributed by atoms with van der Waals surface area (Å²) >= 11 is 1.05. The van der Waals surface area contributed by atoms with Gasteiger partial charge in [-0.2, -0.15) is 5.10 Å². The first-order valence-corrected chi connectivity index (χ1v) is 7.48. The Morgan fingerprint density at radius 3 is 3.09 bits per heavy atom. The maximum Gasteiger partial charge on any atom is 0.305 e. The van der Waals surface area contributed by atoms with Gasteiger partial charge in [0.1, 0.15) is 11.0 Å². The minimum Gasteiger partial charge on any atom is -0.481 e. The summed E-state index contributed by atoms with van der Waals surface area (Å²) in [6, 6.07) is 7.16. The van der Waals surface area contributed by atoms with Gasteiger partial charge in [0.2, 0.25) is 5.91 Å². The number of aliphatic carboxylic acids is 1. The summed E-state index contributed by atoms with van der Waals surface area (Å²) in [6.07, 6.45) is 1.25. The molecule has 9 heteroatoms. The molecule has 1 saturated heterocycles. The molecule has 23 heavy (non-hydrogen) atoms. The van der Waals surface area contributed by atoms with Crippen LogP contribution in [-0.2, 0) is 14.3 Å². The van der Waals surface area contributed by atoms with Crippen molar-refractivity contribution in [3.63, 3.8) is 0 Å². The molecule has 1 unspecified atom stereocenters. The summed E-state index contributed by atoms with van der Waals surface area (Å²) in [7, 11) is 1.53. The number of nitrogens with zero attached hydrogens (tertiary/aromatic N) is 2. The number of benzene rings is 1. The molecule has 0 bridgehead atoms. The van der Waals surface area contributed by atoms with E-state index in [9.17, 15) is 9.59 Å². The lowest BCUT2D eigenvalue weighted by Gasteiger charge is -2.04. The smallest absolute Gasteiger partial charge is 0.305 e. The van der Waals surface area contributed by atoms with Crippen LogP contribution in [0.15, 0.2) is 34.5 Å². The highest BCUT2D eigenvalue weighted by Crippen LogP contribution is 2.22. The minimum absolute atomic E-state index is 0.149. The first-order valence-electron chi connectivity index (χ1n) is 6.60. The Bertz CT molecular complexity index is 647. The molecule has 1 atom stereocenters. The van der Waals surface area contributed by atoms with Crippen LogP contribution in [0.2, 0.25) is 0 Å². The first-order chi connectivity index (χ1) is 11.1. The molecule has 122 valence electrons. The molecule has 0 aromatic heterocycles. The summed E-state index contributed by atoms with van der Waals surface area (Å²) < 4.78 is 10.1. The number of rotatable bonds is 7. The summed E-state index contributed by atoms with van der Waals surface area (Å²) in [5, 5.41) is 18.6. The van der Waals surface area contributed by atoms with Gasteiger partial charge in [0.25, 0.3) is 0 Å². The Morgan fingerprint density at radius 2 is 2.35 bits per heavy atom. The van der Waals surface area contributed by atoms with Gasteiger partial charge >= 0.3 is 5.97 Å². The van der Waals surface area contributed by atoms with E-state index in [0.717, 1.165) is 17.3 Å². The summed E-state index contributed by atoms with van der Waals surface area (Å²) in [4.78, 5) is 22.2. The lowest BCUT2D eigenvalue weighted by Crippen LogP contribution is -2.26. The molecule has 1 heterocycles. The van der Waals surface area contributed by atoms with Crippen molar-refractivity contribution in [2.45, 2.75) is 11.7 Å². The fraction of sp³-hybridized carbons (Fsp3) is 0.286. The lowest BCUT2D eigenvalue weighted by molar-refractivity contribution is -0.138. The highest BCUT2D eigenvalue weighted by Gasteiger charge is 2.32. The minimum atomic E-state index is -1.03. The van der Waals surface area contributed by atoms with Crippen molar-refractivity contribution < 1.29 is 24.2 Å². The molecule has 2 N–H and O–H groups in total. The molecule has 1 aromatic rings. The Balaban J connectivity index is 1.96. The number of ether oxygens (including phenoxy) is 2. The average molecular weight is 337 g/mol. The lowest BCUT2D eigenvalue weighted by atomic mass is 10.2. The van der Waals surface area contributed by atoms with Crippen molar-refractivity contribution in [3.05, 3.63) is 29.8 Å². The SMILES string of the molecule is COCOc1cccc(C=NN=C2NC(=O)C(CC(=O)O)S2)c1. The fourth-order valence-electron chi connectivity index (χ4n) is 1.70. The predicted octanol–water partition coefficient (Wildman–Crippen LogP) is 1.07. The van der Waals surface area contributed by atoms with Crippen LogP contribution >= 0.6 is 11.8 Å². The molecule has 1 aliphatic rings. The van der Waals surface area contributed by atoms with Crippen molar-refractivity contribution in [2.24, 2.45) is 10.2 Å². The van der Waals surface area contributed by atoms with Gasteiger partial charge in [-0.25, -0.2) is 0 Å². The molecule has 2 rings (SSSR count). The second kappa shape index (κ2) is 8.30. The zero-order valence-corrected chi connectivity index (χ0v) is 13.1. The van der Waals surface area contributed by atoms with Crippen LogP contribution in [-0.4, -0.2) is 47.5 Å². The Hall–Kier alpha value is -2.39. The van der Waals surface area contributed by atoms with Gasteiger partial charge in [0.05, 0.1) is 12.6 Å². The van der Waals surface area contributed by atoms with E-state index in [1.807, 2.05) is 6.07 Å². The molecule has 8 nitrogen and oxygen atoms in total. The highest BCUT2D eigenvalue weighted by molar-refractivity contribution is 8.15. The number of methoxy groups -OCH3 is 1. The average Bonchev–Trinajstić information content (AvgIpc) is 2.85. The second-order valence-corrected chi connectivity index (χ2v) is 5.66. The molecule has 1 aliphatic heterocycles. The molecule has 0 aliphatic carbocycles. The van der Waals surface area contributed by atoms with Crippen LogP contribution in [0.3, 0.4) is 0 Å². The van der Waals surface area contributed by atoms with Crippen LogP contribution in [0, 0.1) is 0 Å². The van der Waals surface area contributed by atoms with Gasteiger partial charge < -0.3 is 19.9 Å². The number of amidine groups is 1. The van der Waals surface area contributed by atoms with E-state index in [0.29, 0.717) is 5.75 Å². The molecule has 1 aromatic carbocycles. The second-order valence-electron chi connectivity index (χ2n) is 4.47. The number of thioether (sulfide) groups is 1. The number of carbonyl (C=O) groups excluding carboxylic acids is 1. The molecule has 0 radical (unpaired) electrons. The standard InChI is InChI=1S/C14H15N3O5S/c1-21-8-22-10-4-2-3-9(5-10)7-15-17-14-16-13(20)11(23-14)6-12(18)19/h2-5,7,11H,6,8H2,1H3,(H,18,19)(H,16,17,20). The van der Waals surface area contributed by atoms with Crippen molar-refractivity contribution in [1.82, 2.24) is 5.32 Å². The van der Waals surface area contributed by atoms with Crippen LogP contribution in [0.25, 0.3) is 0 Å². The van der Waals surface area contributed by atoms with E-state index in [-0.39, 0.29) is 24.3 Å². The number of nitrogens with one attached hydrogen (secondary N) is 1. The van der Waals surface area contributed by atoms with Crippen molar-refractivity contribution >= 4 is 35.0 Å². The van der Waals surface area contributed by atoms with Crippen molar-refractivity contribution in [3.8, 4) is 5.75 Å². The largest absolute Gasteiger partial charge is 0.481 e. The molecule has 1 amide bonds. The Morgan fingerprint density at radius 1 is 1.52 bits per heavy atom. The third kappa shape index (κ3) is 5.38. The third-order valence-corrected chi connectivity index (χ3v) is 3.77. The van der Waals surface area contributed by atoms with E-state index < -0.39 is 11.2 Å². The van der Waals surface area contributed by atoms with Gasteiger partial charge in [-0.1, -0.05) is 23.9 Å². The Labute approximate surface area is 136 Å². The number of carboxylic acids is 1. The topological polar surface area (TPSA) is 110 Å². The van der Waals surface area contributed by atoms with Crippen LogP contribution in [0.1, 0.15) is 12.0 Å². The van der Waals surface area contributed by atoms with E-state index in [1.165, 1.54) is 13.3 Å². The van der Waals surface area contributed by atoms with Crippen molar-refractivity contribution in [2.75, 3.05) is 13.9 Å². The highest BCUT2D eigenvalue weighted by atomic mass is 32.2. The maximum absolute atomic E-state index is 11.5. The van der Waals surface area contributed by atoms with E-state index in [2.05, 4.69) is 15.5 Å². The van der Waals surface area contributed by atoms with Crippen molar-refractivity contribution in [1.29, 1.82) is 0 Å². The fourth-order valence-corrected chi connectivity index (χ4v) is 2.62. The molecule has 0 spiro atoms. The molecular formula is C14H15N3O5S. The number of hydrogen-bond acceptors (Lipinski definition) is 7. The quantitative estimate of drug-likeness (QED) is 0.437. The van der Waals surface area contributed by atoms with Gasteiger partial charge in [0, 0.05) is 7.11 Å². The molecular weight excluding hydrogens is 322 g/mol. The number of carbonyl (C=O) groups is 2. The molecule has 1 fully saturated rings. The first kappa shape index (κ1) is 17.0.